The molecule has 1 N–H and O–H groups in total. The third-order valence-electron chi connectivity index (χ3n) is 4.36. The summed E-state index contributed by atoms with van der Waals surface area (Å²) in [5.74, 6) is 0. The molecule has 21 heavy (non-hydrogen) atoms. The molecule has 0 bridgehead atoms. The van der Waals surface area contributed by atoms with Crippen LogP contribution in [0.2, 0.25) is 0 Å². The third-order valence-corrected chi connectivity index (χ3v) is 4.36. The van der Waals surface area contributed by atoms with Gasteiger partial charge in [-0.1, -0.05) is 48.0 Å². The third kappa shape index (κ3) is 4.71. The smallest absolute Gasteiger partial charge is 0.0108 e. The van der Waals surface area contributed by atoms with Crippen LogP contribution >= 0.6 is 0 Å². The molecule has 0 spiro atoms. The second kappa shape index (κ2) is 7.42. The maximum absolute atomic E-state index is 3.47. The van der Waals surface area contributed by atoms with Crippen molar-refractivity contribution in [3.8, 4) is 0 Å². The second-order valence-electron chi connectivity index (χ2n) is 6.13. The van der Waals surface area contributed by atoms with Gasteiger partial charge in [0.05, 0.1) is 0 Å². The predicted molar refractivity (Wildman–Crippen MR) is 92.0 cm³/mol. The van der Waals surface area contributed by atoms with Gasteiger partial charge in [0, 0.05) is 6.04 Å². The Balaban J connectivity index is 1.93. The van der Waals surface area contributed by atoms with Crippen molar-refractivity contribution in [3.63, 3.8) is 0 Å². The van der Waals surface area contributed by atoms with Crippen LogP contribution < -0.4 is 5.32 Å². The van der Waals surface area contributed by atoms with E-state index in [9.17, 15) is 0 Å². The fraction of sp³-hybridized carbons (Fsp3) is 0.400. The molecular formula is C20H27N. The summed E-state index contributed by atoms with van der Waals surface area (Å²) in [6.45, 7) is 6.51. The first-order valence-electron chi connectivity index (χ1n) is 7.87. The monoisotopic (exact) mass is 281 g/mol. The average Bonchev–Trinajstić information content (AvgIpc) is 2.49. The molecular weight excluding hydrogens is 254 g/mol. The lowest BCUT2D eigenvalue weighted by Gasteiger charge is -2.17. The first-order chi connectivity index (χ1) is 10.1. The van der Waals surface area contributed by atoms with E-state index < -0.39 is 0 Å². The standard InChI is InChI=1S/C20H27N/c1-15-5-8-18(9-6-15)11-12-20(21-4)14-19-10-7-16(2)17(3)13-19/h5-10,13,20-21H,11-12,14H2,1-4H3. The normalized spacial score (nSPS) is 12.4. The van der Waals surface area contributed by atoms with Crippen LogP contribution in [-0.2, 0) is 12.8 Å². The van der Waals surface area contributed by atoms with E-state index in [-0.39, 0.29) is 0 Å². The summed E-state index contributed by atoms with van der Waals surface area (Å²) in [4.78, 5) is 0. The van der Waals surface area contributed by atoms with Gasteiger partial charge in [-0.3, -0.25) is 0 Å². The van der Waals surface area contributed by atoms with Crippen molar-refractivity contribution in [2.45, 2.75) is 46.1 Å². The van der Waals surface area contributed by atoms with Gasteiger partial charge in [0.25, 0.3) is 0 Å². The lowest BCUT2D eigenvalue weighted by Crippen LogP contribution is -2.28. The van der Waals surface area contributed by atoms with Crippen LogP contribution in [0.5, 0.6) is 0 Å². The van der Waals surface area contributed by atoms with Crippen LogP contribution in [0.15, 0.2) is 42.5 Å². The molecule has 2 aromatic carbocycles. The number of benzene rings is 2. The van der Waals surface area contributed by atoms with Crippen molar-refractivity contribution in [2.24, 2.45) is 0 Å². The molecule has 1 atom stereocenters. The van der Waals surface area contributed by atoms with Crippen LogP contribution in [0, 0.1) is 20.8 Å². The lowest BCUT2D eigenvalue weighted by atomic mass is 9.97. The fourth-order valence-electron chi connectivity index (χ4n) is 2.66. The molecule has 0 aliphatic carbocycles. The molecule has 0 aliphatic rings. The van der Waals surface area contributed by atoms with Crippen LogP contribution in [-0.4, -0.2) is 13.1 Å². The van der Waals surface area contributed by atoms with E-state index in [1.807, 2.05) is 0 Å². The molecule has 2 aromatic rings. The van der Waals surface area contributed by atoms with Crippen molar-refractivity contribution in [1.82, 2.24) is 5.32 Å². The molecule has 1 unspecified atom stereocenters. The summed E-state index contributed by atoms with van der Waals surface area (Å²) >= 11 is 0. The van der Waals surface area contributed by atoms with Crippen molar-refractivity contribution in [1.29, 1.82) is 0 Å². The number of nitrogens with one attached hydrogen (secondary N) is 1. The minimum Gasteiger partial charge on any atom is -0.317 e. The number of hydrogen-bond donors (Lipinski definition) is 1. The zero-order valence-electron chi connectivity index (χ0n) is 13.7. The van der Waals surface area contributed by atoms with E-state index >= 15 is 0 Å². The van der Waals surface area contributed by atoms with Crippen molar-refractivity contribution in [3.05, 3.63) is 70.3 Å². The Hall–Kier alpha value is -1.60. The Morgan fingerprint density at radius 3 is 2.14 bits per heavy atom. The molecule has 0 heterocycles. The van der Waals surface area contributed by atoms with Crippen molar-refractivity contribution >= 4 is 0 Å². The zero-order chi connectivity index (χ0) is 15.2. The Labute approximate surface area is 129 Å². The average molecular weight is 281 g/mol. The van der Waals surface area contributed by atoms with Gasteiger partial charge in [0.2, 0.25) is 0 Å². The van der Waals surface area contributed by atoms with Gasteiger partial charge >= 0.3 is 0 Å². The van der Waals surface area contributed by atoms with E-state index in [1.54, 1.807) is 0 Å². The predicted octanol–water partition coefficient (Wildman–Crippen LogP) is 4.38. The van der Waals surface area contributed by atoms with E-state index in [0.717, 1.165) is 12.8 Å². The second-order valence-corrected chi connectivity index (χ2v) is 6.13. The van der Waals surface area contributed by atoms with E-state index in [2.05, 4.69) is 75.6 Å². The first kappa shape index (κ1) is 15.8. The molecule has 1 heteroatoms. The molecule has 2 rings (SSSR count). The highest BCUT2D eigenvalue weighted by atomic mass is 14.9. The minimum absolute atomic E-state index is 0.536. The summed E-state index contributed by atoms with van der Waals surface area (Å²) in [7, 11) is 2.07. The van der Waals surface area contributed by atoms with Gasteiger partial charge in [-0.2, -0.15) is 0 Å². The van der Waals surface area contributed by atoms with Crippen LogP contribution in [0.3, 0.4) is 0 Å². The number of aryl methyl sites for hydroxylation is 4. The Bertz CT molecular complexity index is 569. The molecule has 0 aromatic heterocycles. The highest BCUT2D eigenvalue weighted by Gasteiger charge is 2.08. The zero-order valence-corrected chi connectivity index (χ0v) is 13.7. The largest absolute Gasteiger partial charge is 0.317 e. The van der Waals surface area contributed by atoms with Gasteiger partial charge in [0.1, 0.15) is 0 Å². The Kier molecular flexibility index (Phi) is 5.58. The molecule has 112 valence electrons. The fourth-order valence-corrected chi connectivity index (χ4v) is 2.66. The molecule has 0 radical (unpaired) electrons. The quantitative estimate of drug-likeness (QED) is 0.829. The number of rotatable bonds is 6. The first-order valence-corrected chi connectivity index (χ1v) is 7.87. The molecule has 0 fully saturated rings. The van der Waals surface area contributed by atoms with E-state index in [0.29, 0.717) is 6.04 Å². The minimum atomic E-state index is 0.536. The van der Waals surface area contributed by atoms with Crippen LogP contribution in [0.1, 0.15) is 34.2 Å². The Morgan fingerprint density at radius 2 is 1.52 bits per heavy atom. The number of likely N-dealkylation sites (N-methyl/N-ethyl adjacent to an activating group) is 1. The summed E-state index contributed by atoms with van der Waals surface area (Å²) < 4.78 is 0. The summed E-state index contributed by atoms with van der Waals surface area (Å²) in [5.41, 5.74) is 6.96. The van der Waals surface area contributed by atoms with Crippen molar-refractivity contribution < 1.29 is 0 Å². The summed E-state index contributed by atoms with van der Waals surface area (Å²) in [6.07, 6.45) is 3.41. The molecule has 0 saturated heterocycles. The molecule has 0 aliphatic heterocycles. The van der Waals surface area contributed by atoms with Crippen LogP contribution in [0.4, 0.5) is 0 Å². The highest BCUT2D eigenvalue weighted by molar-refractivity contribution is 5.30. The Morgan fingerprint density at radius 1 is 0.857 bits per heavy atom. The van der Waals surface area contributed by atoms with Crippen molar-refractivity contribution in [2.75, 3.05) is 7.05 Å². The van der Waals surface area contributed by atoms with Crippen LogP contribution in [0.25, 0.3) is 0 Å². The molecule has 0 amide bonds. The molecule has 0 saturated carbocycles. The summed E-state index contributed by atoms with van der Waals surface area (Å²) in [6, 6.07) is 16.3. The lowest BCUT2D eigenvalue weighted by molar-refractivity contribution is 0.520. The van der Waals surface area contributed by atoms with Gasteiger partial charge in [-0.05, 0) is 69.3 Å². The van der Waals surface area contributed by atoms with E-state index in [4.69, 9.17) is 0 Å². The van der Waals surface area contributed by atoms with Gasteiger partial charge in [0.15, 0.2) is 0 Å². The maximum atomic E-state index is 3.47. The highest BCUT2D eigenvalue weighted by Crippen LogP contribution is 2.14. The maximum Gasteiger partial charge on any atom is 0.0108 e. The SMILES string of the molecule is CNC(CCc1ccc(C)cc1)Cc1ccc(C)c(C)c1. The van der Waals surface area contributed by atoms with E-state index in [1.165, 1.54) is 34.2 Å². The topological polar surface area (TPSA) is 12.0 Å². The van der Waals surface area contributed by atoms with Gasteiger partial charge < -0.3 is 5.32 Å². The number of hydrogen-bond acceptors (Lipinski definition) is 1. The van der Waals surface area contributed by atoms with Gasteiger partial charge in [-0.15, -0.1) is 0 Å². The summed E-state index contributed by atoms with van der Waals surface area (Å²) in [5, 5.41) is 3.47. The van der Waals surface area contributed by atoms with Gasteiger partial charge in [-0.25, -0.2) is 0 Å². The molecule has 1 nitrogen and oxygen atoms in total.